The van der Waals surface area contributed by atoms with Gasteiger partial charge in [0.05, 0.1) is 18.8 Å². The standard InChI is InChI=1S/C24H31NO4S/c1-4-17-9-11-18(12-10-17)29-14-6-7-21(26)25-23-22(24(27)28-5-2)19-13-8-16(3)15-20(19)30-23/h9-12,16H,4-8,13-15H2,1-3H3,(H,25,26). The van der Waals surface area contributed by atoms with Gasteiger partial charge in [-0.15, -0.1) is 11.3 Å². The third-order valence-corrected chi connectivity index (χ3v) is 6.56. The van der Waals surface area contributed by atoms with Crippen LogP contribution >= 0.6 is 11.3 Å². The molecule has 1 aromatic heterocycles. The van der Waals surface area contributed by atoms with Crippen LogP contribution < -0.4 is 10.1 Å². The molecule has 5 nitrogen and oxygen atoms in total. The number of esters is 1. The van der Waals surface area contributed by atoms with E-state index in [0.717, 1.165) is 37.0 Å². The summed E-state index contributed by atoms with van der Waals surface area (Å²) >= 11 is 1.52. The Morgan fingerprint density at radius 1 is 1.20 bits per heavy atom. The van der Waals surface area contributed by atoms with Crippen molar-refractivity contribution in [2.24, 2.45) is 5.92 Å². The van der Waals surface area contributed by atoms with Gasteiger partial charge in [0.1, 0.15) is 10.8 Å². The number of ether oxygens (including phenoxy) is 2. The number of amides is 1. The Balaban J connectivity index is 1.56. The summed E-state index contributed by atoms with van der Waals surface area (Å²) in [4.78, 5) is 26.2. The fourth-order valence-electron chi connectivity index (χ4n) is 3.69. The minimum Gasteiger partial charge on any atom is -0.494 e. The topological polar surface area (TPSA) is 64.6 Å². The highest BCUT2D eigenvalue weighted by molar-refractivity contribution is 7.17. The molecule has 1 atom stereocenters. The van der Waals surface area contributed by atoms with Crippen LogP contribution in [0.3, 0.4) is 0 Å². The lowest BCUT2D eigenvalue weighted by Crippen LogP contribution is -2.17. The molecule has 0 radical (unpaired) electrons. The van der Waals surface area contributed by atoms with Crippen LogP contribution in [-0.2, 0) is 28.8 Å². The van der Waals surface area contributed by atoms with Crippen molar-refractivity contribution in [3.8, 4) is 5.75 Å². The molecule has 162 valence electrons. The number of carbonyl (C=O) groups excluding carboxylic acids is 2. The number of carbonyl (C=O) groups is 2. The molecular weight excluding hydrogens is 398 g/mol. The second kappa shape index (κ2) is 10.6. The Morgan fingerprint density at radius 2 is 1.97 bits per heavy atom. The molecule has 0 saturated heterocycles. The van der Waals surface area contributed by atoms with Crippen LogP contribution in [0.15, 0.2) is 24.3 Å². The van der Waals surface area contributed by atoms with Gasteiger partial charge in [-0.1, -0.05) is 26.0 Å². The largest absolute Gasteiger partial charge is 0.494 e. The van der Waals surface area contributed by atoms with Crippen molar-refractivity contribution in [2.45, 2.75) is 59.3 Å². The second-order valence-electron chi connectivity index (χ2n) is 7.77. The predicted molar refractivity (Wildman–Crippen MR) is 121 cm³/mol. The van der Waals surface area contributed by atoms with E-state index >= 15 is 0 Å². The summed E-state index contributed by atoms with van der Waals surface area (Å²) < 4.78 is 11.0. The van der Waals surface area contributed by atoms with E-state index in [2.05, 4.69) is 31.3 Å². The van der Waals surface area contributed by atoms with Gasteiger partial charge in [-0.25, -0.2) is 4.79 Å². The molecule has 0 spiro atoms. The summed E-state index contributed by atoms with van der Waals surface area (Å²) in [5.74, 6) is 0.978. The van der Waals surface area contributed by atoms with E-state index in [-0.39, 0.29) is 11.9 Å². The zero-order chi connectivity index (χ0) is 21.5. The van der Waals surface area contributed by atoms with Crippen LogP contribution in [-0.4, -0.2) is 25.1 Å². The van der Waals surface area contributed by atoms with Gasteiger partial charge in [0, 0.05) is 11.3 Å². The lowest BCUT2D eigenvalue weighted by molar-refractivity contribution is -0.116. The summed E-state index contributed by atoms with van der Waals surface area (Å²) in [5, 5.41) is 3.59. The maximum atomic E-state index is 12.5. The van der Waals surface area contributed by atoms with E-state index in [9.17, 15) is 9.59 Å². The van der Waals surface area contributed by atoms with Gasteiger partial charge in [0.2, 0.25) is 5.91 Å². The van der Waals surface area contributed by atoms with Gasteiger partial charge in [0.25, 0.3) is 0 Å². The van der Waals surface area contributed by atoms with E-state index in [4.69, 9.17) is 9.47 Å². The van der Waals surface area contributed by atoms with Crippen molar-refractivity contribution < 1.29 is 19.1 Å². The molecule has 1 aliphatic carbocycles. The highest BCUT2D eigenvalue weighted by atomic mass is 32.1. The Morgan fingerprint density at radius 3 is 2.67 bits per heavy atom. The smallest absolute Gasteiger partial charge is 0.341 e. The van der Waals surface area contributed by atoms with Crippen LogP contribution in [0.5, 0.6) is 5.75 Å². The molecule has 0 saturated carbocycles. The number of benzene rings is 1. The van der Waals surface area contributed by atoms with Gasteiger partial charge in [0.15, 0.2) is 0 Å². The molecule has 1 aliphatic rings. The van der Waals surface area contributed by atoms with Crippen LogP contribution in [0, 0.1) is 5.92 Å². The third-order valence-electron chi connectivity index (χ3n) is 5.39. The predicted octanol–water partition coefficient (Wildman–Crippen LogP) is 5.41. The van der Waals surface area contributed by atoms with Gasteiger partial charge in [-0.2, -0.15) is 0 Å². The molecule has 3 rings (SSSR count). The molecule has 30 heavy (non-hydrogen) atoms. The number of fused-ring (bicyclic) bond motifs is 1. The molecule has 1 heterocycles. The molecule has 6 heteroatoms. The number of anilines is 1. The summed E-state index contributed by atoms with van der Waals surface area (Å²) in [7, 11) is 0. The molecule has 1 aromatic carbocycles. The molecule has 0 aliphatic heterocycles. The van der Waals surface area contributed by atoms with Crippen molar-refractivity contribution >= 4 is 28.2 Å². The minimum atomic E-state index is -0.335. The molecule has 0 bridgehead atoms. The van der Waals surface area contributed by atoms with E-state index in [1.807, 2.05) is 12.1 Å². The van der Waals surface area contributed by atoms with Crippen LogP contribution in [0.4, 0.5) is 5.00 Å². The summed E-state index contributed by atoms with van der Waals surface area (Å²) in [5.41, 5.74) is 2.89. The first kappa shape index (κ1) is 22.3. The van der Waals surface area contributed by atoms with Crippen molar-refractivity contribution in [1.29, 1.82) is 0 Å². The average molecular weight is 430 g/mol. The van der Waals surface area contributed by atoms with E-state index in [1.165, 1.54) is 21.8 Å². The molecule has 0 fully saturated rings. The second-order valence-corrected chi connectivity index (χ2v) is 8.88. The number of thiophene rings is 1. The zero-order valence-electron chi connectivity index (χ0n) is 18.1. The quantitative estimate of drug-likeness (QED) is 0.428. The van der Waals surface area contributed by atoms with Gasteiger partial charge < -0.3 is 14.8 Å². The summed E-state index contributed by atoms with van der Waals surface area (Å²) in [6, 6.07) is 8.03. The van der Waals surface area contributed by atoms with E-state index < -0.39 is 0 Å². The minimum absolute atomic E-state index is 0.0999. The number of hydrogen-bond donors (Lipinski definition) is 1. The summed E-state index contributed by atoms with van der Waals surface area (Å²) in [6.07, 6.45) is 4.82. The fraction of sp³-hybridized carbons (Fsp3) is 0.500. The maximum Gasteiger partial charge on any atom is 0.341 e. The Labute approximate surface area is 182 Å². The molecule has 2 aromatic rings. The first-order valence-electron chi connectivity index (χ1n) is 10.8. The maximum absolute atomic E-state index is 12.5. The zero-order valence-corrected chi connectivity index (χ0v) is 18.9. The Kier molecular flexibility index (Phi) is 7.91. The lowest BCUT2D eigenvalue weighted by Gasteiger charge is -2.18. The van der Waals surface area contributed by atoms with Crippen molar-refractivity contribution in [3.63, 3.8) is 0 Å². The molecule has 1 unspecified atom stereocenters. The van der Waals surface area contributed by atoms with Crippen molar-refractivity contribution in [3.05, 3.63) is 45.8 Å². The number of rotatable bonds is 9. The van der Waals surface area contributed by atoms with E-state index in [0.29, 0.717) is 42.5 Å². The highest BCUT2D eigenvalue weighted by Crippen LogP contribution is 2.40. The third kappa shape index (κ3) is 5.63. The van der Waals surface area contributed by atoms with Gasteiger partial charge in [-0.05, 0) is 68.2 Å². The molecule has 1 N–H and O–H groups in total. The first-order valence-corrected chi connectivity index (χ1v) is 11.7. The monoisotopic (exact) mass is 429 g/mol. The first-order chi connectivity index (χ1) is 14.5. The average Bonchev–Trinajstić information content (AvgIpc) is 3.08. The number of aryl methyl sites for hydroxylation is 1. The molecular formula is C24H31NO4S. The van der Waals surface area contributed by atoms with Crippen LogP contribution in [0.2, 0.25) is 0 Å². The van der Waals surface area contributed by atoms with Gasteiger partial charge in [-0.3, -0.25) is 4.79 Å². The number of nitrogens with one attached hydrogen (secondary N) is 1. The molecule has 1 amide bonds. The lowest BCUT2D eigenvalue weighted by atomic mass is 9.88. The highest BCUT2D eigenvalue weighted by Gasteiger charge is 2.29. The SMILES string of the molecule is CCOC(=O)c1c(NC(=O)CCCOc2ccc(CC)cc2)sc2c1CCC(C)C2. The normalized spacial score (nSPS) is 15.4. The fourth-order valence-corrected chi connectivity index (χ4v) is 5.11. The van der Waals surface area contributed by atoms with Gasteiger partial charge >= 0.3 is 5.97 Å². The number of hydrogen-bond acceptors (Lipinski definition) is 5. The van der Waals surface area contributed by atoms with Crippen molar-refractivity contribution in [2.75, 3.05) is 18.5 Å². The van der Waals surface area contributed by atoms with E-state index in [1.54, 1.807) is 6.92 Å². The Hall–Kier alpha value is -2.34. The van der Waals surface area contributed by atoms with Crippen molar-refractivity contribution in [1.82, 2.24) is 0 Å². The van der Waals surface area contributed by atoms with Crippen LogP contribution in [0.1, 0.15) is 66.4 Å². The summed E-state index contributed by atoms with van der Waals surface area (Å²) in [6.45, 7) is 6.94. The Bertz CT molecular complexity index is 872. The van der Waals surface area contributed by atoms with Crippen LogP contribution in [0.25, 0.3) is 0 Å².